The molecule has 0 spiro atoms. The van der Waals surface area contributed by atoms with Crippen molar-refractivity contribution in [3.8, 4) is 11.5 Å². The molecule has 0 saturated carbocycles. The standard InChI is InChI=1S/C25H26F3N3O4/c1-3-16(2)31(12-18-5-4-6-19(9-18)25(26,27)28)13-23-30-20(14-33-23)24(32)29-11-17-7-8-21-22(10-17)35-15-34-21/h4-10,14,16H,3,11-13,15H2,1-2H3,(H,29,32). The van der Waals surface area contributed by atoms with E-state index in [1.807, 2.05) is 24.8 Å². The number of oxazole rings is 1. The summed E-state index contributed by atoms with van der Waals surface area (Å²) in [5.41, 5.74) is 0.823. The van der Waals surface area contributed by atoms with Crippen molar-refractivity contribution in [2.24, 2.45) is 0 Å². The summed E-state index contributed by atoms with van der Waals surface area (Å²) in [4.78, 5) is 18.8. The Kier molecular flexibility index (Phi) is 7.30. The summed E-state index contributed by atoms with van der Waals surface area (Å²) in [6, 6.07) is 10.7. The normalized spacial score (nSPS) is 13.8. The van der Waals surface area contributed by atoms with Gasteiger partial charge in [-0.3, -0.25) is 9.69 Å². The molecule has 1 aliphatic heterocycles. The van der Waals surface area contributed by atoms with Crippen molar-refractivity contribution in [3.05, 3.63) is 77.0 Å². The lowest BCUT2D eigenvalue weighted by Crippen LogP contribution is -2.32. The van der Waals surface area contributed by atoms with Crippen LogP contribution < -0.4 is 14.8 Å². The van der Waals surface area contributed by atoms with E-state index in [0.717, 1.165) is 24.1 Å². The topological polar surface area (TPSA) is 76.8 Å². The molecule has 10 heteroatoms. The fraction of sp³-hybridized carbons (Fsp3) is 0.360. The summed E-state index contributed by atoms with van der Waals surface area (Å²) in [7, 11) is 0. The number of aromatic nitrogens is 1. The van der Waals surface area contributed by atoms with E-state index >= 15 is 0 Å². The highest BCUT2D eigenvalue weighted by molar-refractivity contribution is 5.91. The number of nitrogens with zero attached hydrogens (tertiary/aromatic N) is 2. The fourth-order valence-electron chi connectivity index (χ4n) is 3.69. The van der Waals surface area contributed by atoms with E-state index in [2.05, 4.69) is 10.3 Å². The van der Waals surface area contributed by atoms with Crippen molar-refractivity contribution >= 4 is 5.91 Å². The first-order valence-corrected chi connectivity index (χ1v) is 11.2. The third-order valence-electron chi connectivity index (χ3n) is 5.87. The summed E-state index contributed by atoms with van der Waals surface area (Å²) in [5.74, 6) is 1.21. The number of hydrogen-bond acceptors (Lipinski definition) is 6. The SMILES string of the molecule is CCC(C)N(Cc1cccc(C(F)(F)F)c1)Cc1nc(C(=O)NCc2ccc3c(c2)OCO3)co1. The molecule has 1 amide bonds. The van der Waals surface area contributed by atoms with Crippen LogP contribution >= 0.6 is 0 Å². The van der Waals surface area contributed by atoms with Crippen LogP contribution in [0.5, 0.6) is 11.5 Å². The second-order valence-electron chi connectivity index (χ2n) is 8.36. The molecule has 2 heterocycles. The van der Waals surface area contributed by atoms with Gasteiger partial charge in [-0.05, 0) is 42.7 Å². The third-order valence-corrected chi connectivity index (χ3v) is 5.87. The highest BCUT2D eigenvalue weighted by Gasteiger charge is 2.30. The molecule has 7 nitrogen and oxygen atoms in total. The number of carbonyl (C=O) groups excluding carboxylic acids is 1. The van der Waals surface area contributed by atoms with E-state index in [9.17, 15) is 18.0 Å². The Morgan fingerprint density at radius 3 is 2.69 bits per heavy atom. The van der Waals surface area contributed by atoms with Crippen molar-refractivity contribution in [2.45, 2.75) is 52.1 Å². The zero-order valence-corrected chi connectivity index (χ0v) is 19.4. The number of ether oxygens (including phenoxy) is 2. The second-order valence-corrected chi connectivity index (χ2v) is 8.36. The molecule has 3 aromatic rings. The van der Waals surface area contributed by atoms with Gasteiger partial charge in [0.25, 0.3) is 5.91 Å². The van der Waals surface area contributed by atoms with Crippen molar-refractivity contribution in [1.29, 1.82) is 0 Å². The van der Waals surface area contributed by atoms with E-state index < -0.39 is 17.6 Å². The molecule has 0 radical (unpaired) electrons. The number of amides is 1. The molecular weight excluding hydrogens is 463 g/mol. The van der Waals surface area contributed by atoms with Gasteiger partial charge in [0, 0.05) is 19.1 Å². The van der Waals surface area contributed by atoms with Gasteiger partial charge in [-0.15, -0.1) is 0 Å². The molecule has 35 heavy (non-hydrogen) atoms. The Morgan fingerprint density at radius 1 is 1.11 bits per heavy atom. The van der Waals surface area contributed by atoms with Gasteiger partial charge in [-0.2, -0.15) is 13.2 Å². The van der Waals surface area contributed by atoms with Gasteiger partial charge in [0.05, 0.1) is 12.1 Å². The number of fused-ring (bicyclic) bond motifs is 1. The van der Waals surface area contributed by atoms with Gasteiger partial charge in [-0.1, -0.05) is 31.2 Å². The van der Waals surface area contributed by atoms with E-state index in [1.165, 1.54) is 12.3 Å². The van der Waals surface area contributed by atoms with Crippen molar-refractivity contribution in [1.82, 2.24) is 15.2 Å². The number of nitrogens with one attached hydrogen (secondary N) is 1. The van der Waals surface area contributed by atoms with E-state index in [1.54, 1.807) is 18.2 Å². The number of benzene rings is 2. The highest BCUT2D eigenvalue weighted by atomic mass is 19.4. The van der Waals surface area contributed by atoms with Crippen molar-refractivity contribution in [2.75, 3.05) is 6.79 Å². The number of hydrogen-bond donors (Lipinski definition) is 1. The van der Waals surface area contributed by atoms with Gasteiger partial charge in [0.2, 0.25) is 12.7 Å². The summed E-state index contributed by atoms with van der Waals surface area (Å²) in [5, 5.41) is 2.79. The van der Waals surface area contributed by atoms with Gasteiger partial charge >= 0.3 is 6.18 Å². The van der Waals surface area contributed by atoms with E-state index in [0.29, 0.717) is 23.0 Å². The van der Waals surface area contributed by atoms with Crippen LogP contribution in [0, 0.1) is 0 Å². The minimum absolute atomic E-state index is 0.0553. The monoisotopic (exact) mass is 489 g/mol. The van der Waals surface area contributed by atoms with Crippen LogP contribution in [0.1, 0.15) is 53.3 Å². The third kappa shape index (κ3) is 6.13. The Bertz CT molecular complexity index is 1180. The van der Waals surface area contributed by atoms with E-state index in [-0.39, 0.29) is 38.2 Å². The zero-order chi connectivity index (χ0) is 25.0. The molecule has 0 bridgehead atoms. The molecule has 4 rings (SSSR count). The van der Waals surface area contributed by atoms with Crippen LogP contribution in [-0.2, 0) is 25.8 Å². The lowest BCUT2D eigenvalue weighted by Gasteiger charge is -2.27. The fourth-order valence-corrected chi connectivity index (χ4v) is 3.69. The smallest absolute Gasteiger partial charge is 0.416 e. The van der Waals surface area contributed by atoms with Crippen molar-refractivity contribution in [3.63, 3.8) is 0 Å². The van der Waals surface area contributed by atoms with Crippen LogP contribution in [0.3, 0.4) is 0 Å². The average Bonchev–Trinajstić information content (AvgIpc) is 3.50. The summed E-state index contributed by atoms with van der Waals surface area (Å²) in [6.07, 6.45) is -2.34. The van der Waals surface area contributed by atoms with E-state index in [4.69, 9.17) is 13.9 Å². The molecule has 0 fully saturated rings. The van der Waals surface area contributed by atoms with Crippen molar-refractivity contribution < 1.29 is 31.9 Å². The van der Waals surface area contributed by atoms with Crippen LogP contribution in [0.4, 0.5) is 13.2 Å². The summed E-state index contributed by atoms with van der Waals surface area (Å²) < 4.78 is 55.4. The lowest BCUT2D eigenvalue weighted by molar-refractivity contribution is -0.137. The second kappa shape index (κ2) is 10.4. The number of carbonyl (C=O) groups is 1. The molecular formula is C25H26F3N3O4. The van der Waals surface area contributed by atoms with Crippen LogP contribution in [0.15, 0.2) is 53.1 Å². The maximum Gasteiger partial charge on any atom is 0.416 e. The Hall–Kier alpha value is -3.53. The first-order valence-electron chi connectivity index (χ1n) is 11.2. The molecule has 2 aromatic carbocycles. The van der Waals surface area contributed by atoms with Crippen LogP contribution in [0.2, 0.25) is 0 Å². The maximum absolute atomic E-state index is 13.1. The zero-order valence-electron chi connectivity index (χ0n) is 19.4. The molecule has 1 N–H and O–H groups in total. The van der Waals surface area contributed by atoms with Gasteiger partial charge in [0.1, 0.15) is 6.26 Å². The minimum atomic E-state index is -4.40. The van der Waals surface area contributed by atoms with Gasteiger partial charge < -0.3 is 19.2 Å². The lowest BCUT2D eigenvalue weighted by atomic mass is 10.1. The Morgan fingerprint density at radius 2 is 1.91 bits per heavy atom. The van der Waals surface area contributed by atoms with Crippen LogP contribution in [0.25, 0.3) is 0 Å². The maximum atomic E-state index is 13.1. The Labute approximate surface area is 200 Å². The summed E-state index contributed by atoms with van der Waals surface area (Å²) in [6.45, 7) is 4.96. The predicted octanol–water partition coefficient (Wildman–Crippen LogP) is 5.15. The van der Waals surface area contributed by atoms with Gasteiger partial charge in [-0.25, -0.2) is 4.98 Å². The number of alkyl halides is 3. The number of rotatable bonds is 9. The molecule has 1 unspecified atom stereocenters. The average molecular weight is 489 g/mol. The molecule has 0 aliphatic carbocycles. The largest absolute Gasteiger partial charge is 0.454 e. The van der Waals surface area contributed by atoms with Crippen LogP contribution in [-0.4, -0.2) is 28.6 Å². The predicted molar refractivity (Wildman–Crippen MR) is 121 cm³/mol. The number of halogens is 3. The molecule has 1 atom stereocenters. The quantitative estimate of drug-likeness (QED) is 0.448. The molecule has 1 aromatic heterocycles. The molecule has 0 saturated heterocycles. The Balaban J connectivity index is 1.39. The van der Waals surface area contributed by atoms with Gasteiger partial charge in [0.15, 0.2) is 17.2 Å². The minimum Gasteiger partial charge on any atom is -0.454 e. The highest BCUT2D eigenvalue weighted by Crippen LogP contribution is 2.32. The first kappa shape index (κ1) is 24.6. The molecule has 1 aliphatic rings. The summed E-state index contributed by atoms with van der Waals surface area (Å²) >= 11 is 0. The molecule has 186 valence electrons. The first-order chi connectivity index (χ1) is 16.7.